The fourth-order valence-electron chi connectivity index (χ4n) is 2.99. The number of nitrogens with one attached hydrogen (secondary N) is 2. The van der Waals surface area contributed by atoms with Gasteiger partial charge in [-0.05, 0) is 43.3 Å². The third-order valence-corrected chi connectivity index (χ3v) is 4.37. The van der Waals surface area contributed by atoms with Crippen LogP contribution in [0.5, 0.6) is 0 Å². The molecule has 0 saturated heterocycles. The number of anilines is 3. The highest BCUT2D eigenvalue weighted by Crippen LogP contribution is 2.30. The number of amides is 2. The second kappa shape index (κ2) is 9.45. The van der Waals surface area contributed by atoms with E-state index < -0.39 is 0 Å². The van der Waals surface area contributed by atoms with Crippen LogP contribution in [0.2, 0.25) is 0 Å². The molecule has 148 valence electrons. The van der Waals surface area contributed by atoms with Crippen LogP contribution in [0.15, 0.2) is 67.5 Å². The number of benzene rings is 2. The molecule has 0 aliphatic heterocycles. The molecule has 3 aromatic rings. The molecule has 2 aromatic carbocycles. The van der Waals surface area contributed by atoms with E-state index in [1.807, 2.05) is 42.5 Å². The normalized spacial score (nSPS) is 10.4. The smallest absolute Gasteiger partial charge is 0.243 e. The minimum Gasteiger partial charge on any atom is -0.352 e. The first-order valence-corrected chi connectivity index (χ1v) is 9.40. The van der Waals surface area contributed by atoms with Crippen LogP contribution in [0.4, 0.5) is 17.2 Å². The molecule has 0 aliphatic rings. The molecular weight excluding hydrogens is 366 g/mol. The van der Waals surface area contributed by atoms with Crippen molar-refractivity contribution in [1.82, 2.24) is 15.3 Å². The number of hydrogen-bond acceptors (Lipinski definition) is 5. The van der Waals surface area contributed by atoms with Crippen LogP contribution in [0, 0.1) is 0 Å². The zero-order valence-corrected chi connectivity index (χ0v) is 16.3. The van der Waals surface area contributed by atoms with Crippen molar-refractivity contribution in [2.45, 2.75) is 13.3 Å². The van der Waals surface area contributed by atoms with Crippen LogP contribution in [-0.2, 0) is 9.59 Å². The fraction of sp³-hybridized carbons (Fsp3) is 0.182. The lowest BCUT2D eigenvalue weighted by Crippen LogP contribution is -2.25. The van der Waals surface area contributed by atoms with E-state index in [1.165, 1.54) is 6.08 Å². The van der Waals surface area contributed by atoms with E-state index in [1.54, 1.807) is 12.4 Å². The number of aromatic nitrogens is 2. The van der Waals surface area contributed by atoms with Gasteiger partial charge >= 0.3 is 0 Å². The number of hydrogen-bond donors (Lipinski definition) is 2. The molecule has 2 amide bonds. The van der Waals surface area contributed by atoms with Gasteiger partial charge in [-0.2, -0.15) is 0 Å². The SMILES string of the molecule is C=CC(=O)NCCC(=O)Nc1ccc2ncnc(N(CC)c3ccccc3)c2c1. The monoisotopic (exact) mass is 389 g/mol. The second-order valence-corrected chi connectivity index (χ2v) is 6.30. The Morgan fingerprint density at radius 3 is 2.66 bits per heavy atom. The molecule has 0 saturated carbocycles. The van der Waals surface area contributed by atoms with Gasteiger partial charge in [0.2, 0.25) is 11.8 Å². The van der Waals surface area contributed by atoms with Gasteiger partial charge in [0.25, 0.3) is 0 Å². The summed E-state index contributed by atoms with van der Waals surface area (Å²) in [6.45, 7) is 6.42. The van der Waals surface area contributed by atoms with Crippen LogP contribution in [-0.4, -0.2) is 34.9 Å². The molecule has 0 aliphatic carbocycles. The summed E-state index contributed by atoms with van der Waals surface area (Å²) in [6.07, 6.45) is 2.89. The van der Waals surface area contributed by atoms with Crippen molar-refractivity contribution in [3.8, 4) is 0 Å². The molecule has 29 heavy (non-hydrogen) atoms. The van der Waals surface area contributed by atoms with E-state index in [0.717, 1.165) is 29.0 Å². The first-order chi connectivity index (χ1) is 14.1. The van der Waals surface area contributed by atoms with Crippen LogP contribution in [0.25, 0.3) is 10.9 Å². The summed E-state index contributed by atoms with van der Waals surface area (Å²) < 4.78 is 0. The van der Waals surface area contributed by atoms with E-state index in [9.17, 15) is 9.59 Å². The lowest BCUT2D eigenvalue weighted by Gasteiger charge is -2.23. The summed E-state index contributed by atoms with van der Waals surface area (Å²) in [6, 6.07) is 15.5. The van der Waals surface area contributed by atoms with E-state index in [0.29, 0.717) is 5.69 Å². The van der Waals surface area contributed by atoms with Gasteiger partial charge in [0.1, 0.15) is 12.1 Å². The van der Waals surface area contributed by atoms with Gasteiger partial charge in [0.15, 0.2) is 0 Å². The van der Waals surface area contributed by atoms with Gasteiger partial charge in [-0.3, -0.25) is 9.59 Å². The van der Waals surface area contributed by atoms with E-state index >= 15 is 0 Å². The number of para-hydroxylation sites is 1. The van der Waals surface area contributed by atoms with Crippen molar-refractivity contribution in [3.05, 3.63) is 67.5 Å². The van der Waals surface area contributed by atoms with Crippen LogP contribution in [0.3, 0.4) is 0 Å². The molecule has 0 atom stereocenters. The maximum atomic E-state index is 12.2. The highest BCUT2D eigenvalue weighted by Gasteiger charge is 2.14. The summed E-state index contributed by atoms with van der Waals surface area (Å²) in [5, 5.41) is 6.29. The maximum absolute atomic E-state index is 12.2. The zero-order valence-electron chi connectivity index (χ0n) is 16.3. The fourth-order valence-corrected chi connectivity index (χ4v) is 2.99. The van der Waals surface area contributed by atoms with Gasteiger partial charge in [-0.1, -0.05) is 24.8 Å². The highest BCUT2D eigenvalue weighted by molar-refractivity contribution is 5.98. The van der Waals surface area contributed by atoms with Gasteiger partial charge in [-0.15, -0.1) is 0 Å². The minimum atomic E-state index is -0.300. The Kier molecular flexibility index (Phi) is 6.52. The Morgan fingerprint density at radius 2 is 1.93 bits per heavy atom. The predicted octanol–water partition coefficient (Wildman–Crippen LogP) is 3.42. The van der Waals surface area contributed by atoms with E-state index in [-0.39, 0.29) is 24.8 Å². The number of carbonyl (C=O) groups is 2. The van der Waals surface area contributed by atoms with E-state index in [4.69, 9.17) is 0 Å². The Morgan fingerprint density at radius 1 is 1.14 bits per heavy atom. The lowest BCUT2D eigenvalue weighted by atomic mass is 10.2. The first kappa shape index (κ1) is 20.0. The van der Waals surface area contributed by atoms with Crippen molar-refractivity contribution in [2.75, 3.05) is 23.3 Å². The van der Waals surface area contributed by atoms with Gasteiger partial charge in [0.05, 0.1) is 5.52 Å². The summed E-state index contributed by atoms with van der Waals surface area (Å²) in [5.41, 5.74) is 2.47. The first-order valence-electron chi connectivity index (χ1n) is 9.40. The van der Waals surface area contributed by atoms with Crippen molar-refractivity contribution >= 4 is 39.9 Å². The van der Waals surface area contributed by atoms with Crippen molar-refractivity contribution in [3.63, 3.8) is 0 Å². The molecular formula is C22H23N5O2. The standard InChI is InChI=1S/C22H23N5O2/c1-3-20(28)23-13-12-21(29)26-16-10-11-19-18(14-16)22(25-15-24-19)27(4-2)17-8-6-5-7-9-17/h3,5-11,14-15H,1,4,12-13H2,2H3,(H,23,28)(H,26,29). The third kappa shape index (κ3) is 4.95. The Bertz CT molecular complexity index is 1020. The summed E-state index contributed by atoms with van der Waals surface area (Å²) in [7, 11) is 0. The topological polar surface area (TPSA) is 87.2 Å². The summed E-state index contributed by atoms with van der Waals surface area (Å²) in [5.74, 6) is 0.284. The van der Waals surface area contributed by atoms with E-state index in [2.05, 4.69) is 39.0 Å². The average Bonchev–Trinajstić information content (AvgIpc) is 2.75. The van der Waals surface area contributed by atoms with Gasteiger partial charge in [-0.25, -0.2) is 9.97 Å². The number of carbonyl (C=O) groups excluding carboxylic acids is 2. The average molecular weight is 389 g/mol. The Balaban J connectivity index is 1.83. The lowest BCUT2D eigenvalue weighted by molar-refractivity contribution is -0.117. The largest absolute Gasteiger partial charge is 0.352 e. The minimum absolute atomic E-state index is 0.168. The quantitative estimate of drug-likeness (QED) is 0.577. The van der Waals surface area contributed by atoms with Crippen molar-refractivity contribution in [2.24, 2.45) is 0 Å². The third-order valence-electron chi connectivity index (χ3n) is 4.37. The zero-order chi connectivity index (χ0) is 20.6. The molecule has 2 N–H and O–H groups in total. The van der Waals surface area contributed by atoms with Gasteiger partial charge < -0.3 is 15.5 Å². The predicted molar refractivity (Wildman–Crippen MR) is 115 cm³/mol. The van der Waals surface area contributed by atoms with Gasteiger partial charge in [0, 0.05) is 36.3 Å². The molecule has 0 spiro atoms. The molecule has 1 heterocycles. The van der Waals surface area contributed by atoms with Crippen LogP contribution < -0.4 is 15.5 Å². The molecule has 0 unspecified atom stereocenters. The number of fused-ring (bicyclic) bond motifs is 1. The summed E-state index contributed by atoms with van der Waals surface area (Å²) >= 11 is 0. The summed E-state index contributed by atoms with van der Waals surface area (Å²) in [4.78, 5) is 34.3. The molecule has 7 heteroatoms. The second-order valence-electron chi connectivity index (χ2n) is 6.30. The van der Waals surface area contributed by atoms with Crippen molar-refractivity contribution < 1.29 is 9.59 Å². The molecule has 0 radical (unpaired) electrons. The van der Waals surface area contributed by atoms with Crippen LogP contribution in [0.1, 0.15) is 13.3 Å². The molecule has 7 nitrogen and oxygen atoms in total. The molecule has 1 aromatic heterocycles. The van der Waals surface area contributed by atoms with Crippen molar-refractivity contribution in [1.29, 1.82) is 0 Å². The Hall–Kier alpha value is -3.74. The molecule has 0 fully saturated rings. The molecule has 3 rings (SSSR count). The Labute approximate surface area is 169 Å². The number of nitrogens with zero attached hydrogens (tertiary/aromatic N) is 3. The highest BCUT2D eigenvalue weighted by atomic mass is 16.2. The maximum Gasteiger partial charge on any atom is 0.243 e. The molecule has 0 bridgehead atoms. The number of rotatable bonds is 8. The van der Waals surface area contributed by atoms with Crippen LogP contribution >= 0.6 is 0 Å².